The zero-order valence-corrected chi connectivity index (χ0v) is 14.1. The average molecular weight is 329 g/mol. The van der Waals surface area contributed by atoms with Gasteiger partial charge in [-0.05, 0) is 32.3 Å². The van der Waals surface area contributed by atoms with Crippen LogP contribution >= 0.6 is 0 Å². The number of nitro benzene ring substituents is 1. The number of sulfonamides is 1. The van der Waals surface area contributed by atoms with Crippen molar-refractivity contribution in [3.05, 3.63) is 33.9 Å². The van der Waals surface area contributed by atoms with Crippen LogP contribution in [0.25, 0.3) is 0 Å². The van der Waals surface area contributed by atoms with Gasteiger partial charge in [0, 0.05) is 23.7 Å². The van der Waals surface area contributed by atoms with Gasteiger partial charge in [-0.15, -0.1) is 0 Å². The maximum absolute atomic E-state index is 12.5. The van der Waals surface area contributed by atoms with E-state index in [4.69, 9.17) is 5.73 Å². The maximum atomic E-state index is 12.5. The van der Waals surface area contributed by atoms with Crippen LogP contribution in [0.15, 0.2) is 23.1 Å². The number of rotatable bonds is 7. The average Bonchev–Trinajstić information content (AvgIpc) is 2.36. The summed E-state index contributed by atoms with van der Waals surface area (Å²) in [6, 6.07) is 3.86. The highest BCUT2D eigenvalue weighted by molar-refractivity contribution is 7.89. The van der Waals surface area contributed by atoms with Crippen molar-refractivity contribution in [3.63, 3.8) is 0 Å². The third-order valence-electron chi connectivity index (χ3n) is 3.38. The molecule has 0 saturated heterocycles. The lowest BCUT2D eigenvalue weighted by Crippen LogP contribution is -2.51. The molecule has 0 amide bonds. The summed E-state index contributed by atoms with van der Waals surface area (Å²) in [7, 11) is -3.88. The molecule has 0 aliphatic heterocycles. The molecular weight excluding hydrogens is 306 g/mol. The van der Waals surface area contributed by atoms with Crippen molar-refractivity contribution in [1.29, 1.82) is 0 Å². The Morgan fingerprint density at radius 2 is 2.00 bits per heavy atom. The third-order valence-corrected chi connectivity index (χ3v) is 5.01. The summed E-state index contributed by atoms with van der Waals surface area (Å²) < 4.78 is 27.5. The first-order chi connectivity index (χ1) is 10.0. The van der Waals surface area contributed by atoms with Crippen molar-refractivity contribution in [2.24, 2.45) is 11.7 Å². The van der Waals surface area contributed by atoms with Crippen LogP contribution in [0.5, 0.6) is 0 Å². The molecule has 7 nitrogen and oxygen atoms in total. The van der Waals surface area contributed by atoms with Gasteiger partial charge in [-0.1, -0.05) is 19.9 Å². The van der Waals surface area contributed by atoms with E-state index in [2.05, 4.69) is 4.72 Å². The van der Waals surface area contributed by atoms with E-state index in [1.165, 1.54) is 12.1 Å². The lowest BCUT2D eigenvalue weighted by Gasteiger charge is -2.30. The van der Waals surface area contributed by atoms with E-state index in [-0.39, 0.29) is 23.0 Å². The summed E-state index contributed by atoms with van der Waals surface area (Å²) in [5, 5.41) is 11.0. The van der Waals surface area contributed by atoms with Gasteiger partial charge in [0.25, 0.3) is 5.69 Å². The first-order valence-electron chi connectivity index (χ1n) is 7.00. The Morgan fingerprint density at radius 3 is 2.45 bits per heavy atom. The second kappa shape index (κ2) is 6.72. The molecule has 0 aliphatic rings. The van der Waals surface area contributed by atoms with Gasteiger partial charge in [-0.3, -0.25) is 10.1 Å². The van der Waals surface area contributed by atoms with E-state index < -0.39 is 20.5 Å². The van der Waals surface area contributed by atoms with Gasteiger partial charge in [0.2, 0.25) is 10.0 Å². The molecule has 1 unspecified atom stereocenters. The Kier molecular flexibility index (Phi) is 5.66. The summed E-state index contributed by atoms with van der Waals surface area (Å²) in [5.74, 6) is 0.253. The molecule has 3 N–H and O–H groups in total. The Labute approximate surface area is 131 Å². The Hall–Kier alpha value is -1.51. The molecule has 22 heavy (non-hydrogen) atoms. The maximum Gasteiger partial charge on any atom is 0.273 e. The van der Waals surface area contributed by atoms with Crippen LogP contribution in [-0.4, -0.2) is 25.4 Å². The molecule has 0 fully saturated rings. The van der Waals surface area contributed by atoms with Crippen LogP contribution in [0, 0.1) is 23.0 Å². The zero-order chi connectivity index (χ0) is 17.1. The van der Waals surface area contributed by atoms with Crippen LogP contribution < -0.4 is 10.5 Å². The van der Waals surface area contributed by atoms with E-state index >= 15 is 0 Å². The normalized spacial score (nSPS) is 14.8. The highest BCUT2D eigenvalue weighted by Gasteiger charge is 2.31. The third kappa shape index (κ3) is 4.49. The Balaban J connectivity index is 3.19. The second-order valence-corrected chi connectivity index (χ2v) is 7.86. The van der Waals surface area contributed by atoms with Crippen LogP contribution in [-0.2, 0) is 10.0 Å². The number of nitro groups is 1. The van der Waals surface area contributed by atoms with Gasteiger partial charge in [0.15, 0.2) is 0 Å². The molecule has 1 atom stereocenters. The predicted molar refractivity (Wildman–Crippen MR) is 85.1 cm³/mol. The molecule has 0 bridgehead atoms. The fourth-order valence-corrected chi connectivity index (χ4v) is 3.85. The van der Waals surface area contributed by atoms with Crippen LogP contribution in [0.2, 0.25) is 0 Å². The molecule has 124 valence electrons. The minimum atomic E-state index is -3.88. The van der Waals surface area contributed by atoms with E-state index in [1.807, 2.05) is 13.8 Å². The number of benzene rings is 1. The highest BCUT2D eigenvalue weighted by atomic mass is 32.2. The predicted octanol–water partition coefficient (Wildman–Crippen LogP) is 1.95. The van der Waals surface area contributed by atoms with Crippen molar-refractivity contribution < 1.29 is 13.3 Å². The molecular formula is C14H23N3O4S. The molecule has 0 spiro atoms. The van der Waals surface area contributed by atoms with E-state index in [0.29, 0.717) is 12.0 Å². The molecule has 1 rings (SSSR count). The van der Waals surface area contributed by atoms with Crippen molar-refractivity contribution in [3.8, 4) is 0 Å². The van der Waals surface area contributed by atoms with Gasteiger partial charge < -0.3 is 5.73 Å². The van der Waals surface area contributed by atoms with Gasteiger partial charge in [-0.25, -0.2) is 13.1 Å². The quantitative estimate of drug-likeness (QED) is 0.586. The van der Waals surface area contributed by atoms with Gasteiger partial charge in [0.05, 0.1) is 9.82 Å². The number of nitrogens with one attached hydrogen (secondary N) is 1. The lowest BCUT2D eigenvalue weighted by atomic mass is 9.92. The monoisotopic (exact) mass is 329 g/mol. The van der Waals surface area contributed by atoms with Crippen molar-refractivity contribution in [1.82, 2.24) is 4.72 Å². The Bertz CT molecular complexity index is 658. The summed E-state index contributed by atoms with van der Waals surface area (Å²) in [6.45, 7) is 7.37. The fourth-order valence-electron chi connectivity index (χ4n) is 2.40. The number of nitrogens with two attached hydrogens (primary N) is 1. The minimum Gasteiger partial charge on any atom is -0.329 e. The summed E-state index contributed by atoms with van der Waals surface area (Å²) in [5.41, 5.74) is 5.10. The summed E-state index contributed by atoms with van der Waals surface area (Å²) in [6.07, 6.45) is 0.566. The molecule has 1 aromatic rings. The van der Waals surface area contributed by atoms with Crippen LogP contribution in [0.1, 0.15) is 32.8 Å². The van der Waals surface area contributed by atoms with Crippen LogP contribution in [0.3, 0.4) is 0 Å². The smallest absolute Gasteiger partial charge is 0.273 e. The number of hydrogen-bond acceptors (Lipinski definition) is 5. The number of aryl methyl sites for hydroxylation is 1. The van der Waals surface area contributed by atoms with Crippen molar-refractivity contribution >= 4 is 15.7 Å². The summed E-state index contributed by atoms with van der Waals surface area (Å²) >= 11 is 0. The molecule has 0 heterocycles. The molecule has 0 saturated carbocycles. The van der Waals surface area contributed by atoms with Gasteiger partial charge >= 0.3 is 0 Å². The number of hydrogen-bond donors (Lipinski definition) is 2. The second-order valence-electron chi connectivity index (χ2n) is 6.17. The molecule has 0 aliphatic carbocycles. The van der Waals surface area contributed by atoms with E-state index in [1.54, 1.807) is 13.8 Å². The van der Waals surface area contributed by atoms with Gasteiger partial charge in [-0.2, -0.15) is 0 Å². The zero-order valence-electron chi connectivity index (χ0n) is 13.3. The van der Waals surface area contributed by atoms with E-state index in [9.17, 15) is 18.5 Å². The first-order valence-corrected chi connectivity index (χ1v) is 8.48. The molecule has 8 heteroatoms. The molecule has 1 aromatic carbocycles. The minimum absolute atomic E-state index is 0.131. The topological polar surface area (TPSA) is 115 Å². The standard InChI is InChI=1S/C14H23N3O4S/c1-10(2)8-14(4,9-15)16-22(20,21)12-6-5-11(3)13(7-12)17(18)19/h5-7,10,16H,8-9,15H2,1-4H3. The van der Waals surface area contributed by atoms with Gasteiger partial charge in [0.1, 0.15) is 0 Å². The molecule has 0 radical (unpaired) electrons. The first kappa shape index (κ1) is 18.5. The van der Waals surface area contributed by atoms with Crippen molar-refractivity contribution in [2.75, 3.05) is 6.54 Å². The number of nitrogens with zero attached hydrogens (tertiary/aromatic N) is 1. The largest absolute Gasteiger partial charge is 0.329 e. The summed E-state index contributed by atoms with van der Waals surface area (Å²) in [4.78, 5) is 10.2. The fraction of sp³-hybridized carbons (Fsp3) is 0.571. The highest BCUT2D eigenvalue weighted by Crippen LogP contribution is 2.24. The van der Waals surface area contributed by atoms with Crippen molar-refractivity contribution in [2.45, 2.75) is 44.6 Å². The van der Waals surface area contributed by atoms with E-state index in [0.717, 1.165) is 6.07 Å². The lowest BCUT2D eigenvalue weighted by molar-refractivity contribution is -0.385. The SMILES string of the molecule is Cc1ccc(S(=O)(=O)NC(C)(CN)CC(C)C)cc1[N+](=O)[O-]. The van der Waals surface area contributed by atoms with Crippen LogP contribution in [0.4, 0.5) is 5.69 Å². The molecule has 0 aromatic heterocycles. The Morgan fingerprint density at radius 1 is 1.41 bits per heavy atom.